The minimum Gasteiger partial charge on any atom is -0.392 e. The predicted molar refractivity (Wildman–Crippen MR) is 109 cm³/mol. The van der Waals surface area contributed by atoms with E-state index in [1.165, 1.54) is 16.2 Å². The Morgan fingerprint density at radius 2 is 2.00 bits per heavy atom. The Kier molecular flexibility index (Phi) is 5.32. The van der Waals surface area contributed by atoms with E-state index in [9.17, 15) is 14.7 Å². The molecular weight excluding hydrogens is 362 g/mol. The van der Waals surface area contributed by atoms with E-state index >= 15 is 0 Å². The largest absolute Gasteiger partial charge is 0.392 e. The summed E-state index contributed by atoms with van der Waals surface area (Å²) in [5, 5.41) is 14.0. The minimum atomic E-state index is -0.725. The van der Waals surface area contributed by atoms with Crippen LogP contribution in [0.3, 0.4) is 0 Å². The first-order valence-corrected chi connectivity index (χ1v) is 8.72. The Morgan fingerprint density at radius 3 is 2.61 bits per heavy atom. The maximum absolute atomic E-state index is 12.3. The molecule has 148 valence electrons. The summed E-state index contributed by atoms with van der Waals surface area (Å²) >= 11 is 0. The molecule has 1 aromatic carbocycles. The number of aliphatic hydroxyl groups excluding tert-OH is 1. The highest BCUT2D eigenvalue weighted by Gasteiger charge is 2.18. The molecule has 1 atom stereocenters. The second-order valence-electron chi connectivity index (χ2n) is 6.74. The van der Waals surface area contributed by atoms with E-state index in [0.29, 0.717) is 0 Å². The Morgan fingerprint density at radius 1 is 1.32 bits per heavy atom. The number of aryl methyl sites for hydroxylation is 1. The van der Waals surface area contributed by atoms with Crippen molar-refractivity contribution in [1.29, 1.82) is 0 Å². The Balaban J connectivity index is 1.95. The lowest BCUT2D eigenvalue weighted by Gasteiger charge is -2.11. The van der Waals surface area contributed by atoms with Gasteiger partial charge in [0, 0.05) is 26.8 Å². The lowest BCUT2D eigenvalue weighted by molar-refractivity contribution is 0.175. The monoisotopic (exact) mass is 385 g/mol. The molecule has 0 aliphatic carbocycles. The average molecular weight is 385 g/mol. The molecular formula is C18H23N7O3. The molecule has 0 aliphatic rings. The molecule has 0 aliphatic heterocycles. The number of benzene rings is 1. The smallest absolute Gasteiger partial charge is 0.329 e. The van der Waals surface area contributed by atoms with E-state index in [1.807, 2.05) is 43.3 Å². The molecule has 3 aromatic rings. The van der Waals surface area contributed by atoms with Gasteiger partial charge in [0.2, 0.25) is 5.95 Å². The summed E-state index contributed by atoms with van der Waals surface area (Å²) in [5.74, 6) is 0.253. The molecule has 0 amide bonds. The van der Waals surface area contributed by atoms with Gasteiger partial charge in [-0.25, -0.2) is 10.2 Å². The third-order valence-corrected chi connectivity index (χ3v) is 4.24. The lowest BCUT2D eigenvalue weighted by Crippen LogP contribution is -2.29. The molecule has 0 fully saturated rings. The van der Waals surface area contributed by atoms with Gasteiger partial charge in [-0.3, -0.25) is 14.3 Å². The fourth-order valence-electron chi connectivity index (χ4n) is 2.78. The number of fused-ring (bicyclic) bond motifs is 1. The van der Waals surface area contributed by atoms with Gasteiger partial charge in [0.05, 0.1) is 18.9 Å². The molecule has 10 nitrogen and oxygen atoms in total. The summed E-state index contributed by atoms with van der Waals surface area (Å²) in [4.78, 5) is 32.7. The molecule has 2 aromatic heterocycles. The number of aliphatic hydroxyl groups is 1. The van der Waals surface area contributed by atoms with Crippen molar-refractivity contribution < 1.29 is 5.11 Å². The van der Waals surface area contributed by atoms with Crippen LogP contribution in [-0.2, 0) is 13.6 Å². The van der Waals surface area contributed by atoms with Gasteiger partial charge < -0.3 is 14.6 Å². The van der Waals surface area contributed by atoms with Crippen molar-refractivity contribution in [3.63, 3.8) is 0 Å². The van der Waals surface area contributed by atoms with Crippen molar-refractivity contribution in [3.8, 4) is 0 Å². The van der Waals surface area contributed by atoms with Gasteiger partial charge in [-0.2, -0.15) is 10.1 Å². The zero-order valence-electron chi connectivity index (χ0n) is 16.2. The van der Waals surface area contributed by atoms with Crippen LogP contribution >= 0.6 is 0 Å². The van der Waals surface area contributed by atoms with Crippen molar-refractivity contribution in [1.82, 2.24) is 19.1 Å². The van der Waals surface area contributed by atoms with Gasteiger partial charge in [0.15, 0.2) is 11.2 Å². The van der Waals surface area contributed by atoms with E-state index < -0.39 is 17.4 Å². The molecule has 0 saturated heterocycles. The fraction of sp³-hybridized carbons (Fsp3) is 0.333. The second kappa shape index (κ2) is 7.69. The van der Waals surface area contributed by atoms with Crippen LogP contribution in [0, 0.1) is 0 Å². The van der Waals surface area contributed by atoms with Crippen molar-refractivity contribution >= 4 is 29.0 Å². The van der Waals surface area contributed by atoms with Gasteiger partial charge in [-0.05, 0) is 24.6 Å². The predicted octanol–water partition coefficient (Wildman–Crippen LogP) is 0.316. The van der Waals surface area contributed by atoms with Crippen LogP contribution in [0.5, 0.6) is 0 Å². The Labute approximate surface area is 160 Å². The lowest BCUT2D eigenvalue weighted by atomic mass is 10.2. The van der Waals surface area contributed by atoms with Crippen LogP contribution < -0.4 is 21.6 Å². The number of aromatic amines is 1. The van der Waals surface area contributed by atoms with E-state index in [1.54, 1.807) is 13.1 Å². The number of nitrogens with one attached hydrogen (secondary N) is 2. The third kappa shape index (κ3) is 3.81. The van der Waals surface area contributed by atoms with Crippen molar-refractivity contribution in [3.05, 3.63) is 50.7 Å². The summed E-state index contributed by atoms with van der Waals surface area (Å²) in [6.07, 6.45) is 0.895. The number of hydrogen-bond donors (Lipinski definition) is 3. The number of hydrogen-bond acceptors (Lipinski definition) is 7. The van der Waals surface area contributed by atoms with E-state index in [0.717, 1.165) is 11.3 Å². The molecule has 1 unspecified atom stereocenters. The van der Waals surface area contributed by atoms with Gasteiger partial charge in [-0.1, -0.05) is 12.1 Å². The second-order valence-corrected chi connectivity index (χ2v) is 6.74. The number of hydrazone groups is 1. The normalized spacial score (nSPS) is 12.6. The highest BCUT2D eigenvalue weighted by molar-refractivity contribution is 5.81. The molecule has 0 spiro atoms. The molecule has 10 heteroatoms. The van der Waals surface area contributed by atoms with E-state index in [2.05, 4.69) is 20.5 Å². The zero-order chi connectivity index (χ0) is 20.4. The van der Waals surface area contributed by atoms with Crippen molar-refractivity contribution in [2.45, 2.75) is 19.6 Å². The maximum Gasteiger partial charge on any atom is 0.329 e. The van der Waals surface area contributed by atoms with Crippen LogP contribution in [0.2, 0.25) is 0 Å². The van der Waals surface area contributed by atoms with E-state index in [-0.39, 0.29) is 23.7 Å². The highest BCUT2D eigenvalue weighted by atomic mass is 16.3. The SMILES string of the molecule is CC(O)Cn1c(NN=Cc2ccc(N(C)C)cc2)nc2c1c(=O)[nH]c(=O)n2C. The number of rotatable bonds is 6. The van der Waals surface area contributed by atoms with Gasteiger partial charge in [0.25, 0.3) is 5.56 Å². The summed E-state index contributed by atoms with van der Waals surface area (Å²) in [5.41, 5.74) is 4.02. The molecule has 3 N–H and O–H groups in total. The summed E-state index contributed by atoms with van der Waals surface area (Å²) in [6, 6.07) is 7.79. The van der Waals surface area contributed by atoms with Crippen LogP contribution in [0.25, 0.3) is 11.2 Å². The summed E-state index contributed by atoms with van der Waals surface area (Å²) in [6.45, 7) is 1.72. The number of nitrogens with zero attached hydrogens (tertiary/aromatic N) is 5. The Bertz CT molecular complexity index is 1120. The molecule has 0 radical (unpaired) electrons. The highest BCUT2D eigenvalue weighted by Crippen LogP contribution is 2.16. The first-order chi connectivity index (χ1) is 13.3. The molecule has 3 rings (SSSR count). The van der Waals surface area contributed by atoms with Crippen LogP contribution in [0.1, 0.15) is 12.5 Å². The summed E-state index contributed by atoms with van der Waals surface area (Å²) in [7, 11) is 5.44. The van der Waals surface area contributed by atoms with Crippen LogP contribution in [0.15, 0.2) is 39.0 Å². The van der Waals surface area contributed by atoms with Crippen molar-refractivity contribution in [2.24, 2.45) is 12.1 Å². The first kappa shape index (κ1) is 19.4. The van der Waals surface area contributed by atoms with Crippen LogP contribution in [-0.4, -0.2) is 50.6 Å². The van der Waals surface area contributed by atoms with Gasteiger partial charge >= 0.3 is 5.69 Å². The summed E-state index contributed by atoms with van der Waals surface area (Å²) < 4.78 is 2.74. The minimum absolute atomic E-state index is 0.118. The quantitative estimate of drug-likeness (QED) is 0.415. The number of aromatic nitrogens is 4. The average Bonchev–Trinajstić information content (AvgIpc) is 2.98. The molecule has 0 saturated carbocycles. The molecule has 0 bridgehead atoms. The third-order valence-electron chi connectivity index (χ3n) is 4.24. The fourth-order valence-corrected chi connectivity index (χ4v) is 2.78. The van der Waals surface area contributed by atoms with Gasteiger partial charge in [0.1, 0.15) is 0 Å². The number of H-pyrrole nitrogens is 1. The zero-order valence-corrected chi connectivity index (χ0v) is 16.2. The Hall–Kier alpha value is -3.40. The van der Waals surface area contributed by atoms with Gasteiger partial charge in [-0.15, -0.1) is 0 Å². The molecule has 2 heterocycles. The maximum atomic E-state index is 12.3. The van der Waals surface area contributed by atoms with Crippen LogP contribution in [0.4, 0.5) is 11.6 Å². The standard InChI is InChI=1S/C18H23N7O3/c1-11(26)10-25-14-15(24(4)18(28)21-16(14)27)20-17(25)22-19-9-12-5-7-13(8-6-12)23(2)3/h5-9,11,26H,10H2,1-4H3,(H,20,22)(H,21,27,28). The number of anilines is 2. The first-order valence-electron chi connectivity index (χ1n) is 8.72. The topological polar surface area (TPSA) is 121 Å². The van der Waals surface area contributed by atoms with Crippen molar-refractivity contribution in [2.75, 3.05) is 24.4 Å². The van der Waals surface area contributed by atoms with E-state index in [4.69, 9.17) is 0 Å². The number of imidazole rings is 1. The molecule has 28 heavy (non-hydrogen) atoms.